The van der Waals surface area contributed by atoms with Crippen LogP contribution in [-0.4, -0.2) is 37.7 Å². The highest BCUT2D eigenvalue weighted by atomic mass is 17.2. The lowest BCUT2D eigenvalue weighted by Gasteiger charge is -2.16. The molecule has 0 bridgehead atoms. The third kappa shape index (κ3) is 16.1. The van der Waals surface area contributed by atoms with Crippen LogP contribution in [0.4, 0.5) is 0 Å². The van der Waals surface area contributed by atoms with Gasteiger partial charge in [0.2, 0.25) is 0 Å². The van der Waals surface area contributed by atoms with Crippen molar-refractivity contribution in [2.24, 2.45) is 0 Å². The topological polar surface area (TPSA) is 21.7 Å². The lowest BCUT2D eigenvalue weighted by atomic mass is 10.1. The molecule has 0 rings (SSSR count). The summed E-state index contributed by atoms with van der Waals surface area (Å²) in [5.74, 6) is 0. The van der Waals surface area contributed by atoms with E-state index in [2.05, 4.69) is 25.7 Å². The molecule has 3 heteroatoms. The van der Waals surface area contributed by atoms with Crippen LogP contribution in [0.2, 0.25) is 0 Å². The molecule has 0 aliphatic heterocycles. The van der Waals surface area contributed by atoms with Crippen LogP contribution >= 0.6 is 0 Å². The Morgan fingerprint density at radius 3 is 1.57 bits per heavy atom. The van der Waals surface area contributed by atoms with Crippen LogP contribution in [0.15, 0.2) is 0 Å². The van der Waals surface area contributed by atoms with Crippen molar-refractivity contribution < 1.29 is 9.78 Å². The summed E-state index contributed by atoms with van der Waals surface area (Å²) in [7, 11) is 0. The monoisotopic (exact) mass is 301 g/mol. The van der Waals surface area contributed by atoms with Gasteiger partial charge in [-0.15, -0.1) is 0 Å². The lowest BCUT2D eigenvalue weighted by molar-refractivity contribution is -0.295. The third-order valence-corrected chi connectivity index (χ3v) is 4.05. The average Bonchev–Trinajstić information content (AvgIpc) is 2.51. The first-order valence-electron chi connectivity index (χ1n) is 9.31. The zero-order valence-corrected chi connectivity index (χ0v) is 14.9. The Kier molecular flexibility index (Phi) is 17.8. The molecule has 0 saturated carbocycles. The number of hydrogen-bond donors (Lipinski definition) is 0. The molecule has 0 unspecified atom stereocenters. The maximum Gasteiger partial charge on any atom is 0.0949 e. The van der Waals surface area contributed by atoms with E-state index in [1.807, 2.05) is 0 Å². The second-order valence-electron chi connectivity index (χ2n) is 5.85. The summed E-state index contributed by atoms with van der Waals surface area (Å²) in [6.45, 7) is 11.2. The summed E-state index contributed by atoms with van der Waals surface area (Å²) in [6.07, 6.45) is 13.6. The molecular formula is C18H39NO2. The van der Waals surface area contributed by atoms with Crippen molar-refractivity contribution in [3.63, 3.8) is 0 Å². The van der Waals surface area contributed by atoms with E-state index in [4.69, 9.17) is 9.78 Å². The van der Waals surface area contributed by atoms with Gasteiger partial charge in [-0.3, -0.25) is 0 Å². The minimum atomic E-state index is 0.680. The van der Waals surface area contributed by atoms with Gasteiger partial charge in [0.25, 0.3) is 0 Å². The van der Waals surface area contributed by atoms with Gasteiger partial charge in [0.1, 0.15) is 0 Å². The molecule has 0 saturated heterocycles. The van der Waals surface area contributed by atoms with E-state index >= 15 is 0 Å². The number of rotatable bonds is 17. The highest BCUT2D eigenvalue weighted by molar-refractivity contribution is 4.49. The third-order valence-electron chi connectivity index (χ3n) is 4.05. The van der Waals surface area contributed by atoms with Crippen LogP contribution in [0.25, 0.3) is 0 Å². The maximum atomic E-state index is 5.22. The van der Waals surface area contributed by atoms with Gasteiger partial charge in [0.15, 0.2) is 0 Å². The first-order chi connectivity index (χ1) is 10.3. The second-order valence-corrected chi connectivity index (χ2v) is 5.85. The molecule has 0 atom stereocenters. The Morgan fingerprint density at radius 1 is 0.571 bits per heavy atom. The molecule has 0 fully saturated rings. The van der Waals surface area contributed by atoms with Crippen molar-refractivity contribution in [1.82, 2.24) is 4.90 Å². The summed E-state index contributed by atoms with van der Waals surface area (Å²) in [5.41, 5.74) is 0. The molecule has 128 valence electrons. The fourth-order valence-corrected chi connectivity index (χ4v) is 2.47. The molecule has 0 radical (unpaired) electrons. The molecule has 0 aromatic heterocycles. The van der Waals surface area contributed by atoms with Crippen LogP contribution < -0.4 is 0 Å². The van der Waals surface area contributed by atoms with Gasteiger partial charge in [-0.2, -0.15) is 0 Å². The van der Waals surface area contributed by atoms with E-state index in [0.717, 1.165) is 32.7 Å². The number of likely N-dealkylation sites (N-methyl/N-ethyl adjacent to an activating group) is 1. The fraction of sp³-hybridized carbons (Fsp3) is 1.00. The van der Waals surface area contributed by atoms with Crippen molar-refractivity contribution in [2.75, 3.05) is 32.8 Å². The maximum absolute atomic E-state index is 5.22. The molecule has 3 nitrogen and oxygen atoms in total. The van der Waals surface area contributed by atoms with Crippen LogP contribution in [0, 0.1) is 0 Å². The molecule has 0 spiro atoms. The highest BCUT2D eigenvalue weighted by Gasteiger charge is 1.98. The average molecular weight is 302 g/mol. The minimum absolute atomic E-state index is 0.680. The van der Waals surface area contributed by atoms with Gasteiger partial charge in [-0.25, -0.2) is 9.78 Å². The van der Waals surface area contributed by atoms with Crippen molar-refractivity contribution in [3.8, 4) is 0 Å². The summed E-state index contributed by atoms with van der Waals surface area (Å²) >= 11 is 0. The number of unbranched alkanes of at least 4 members (excludes halogenated alkanes) is 9. The standard InChI is InChI=1S/C18H39NO2/c1-4-7-8-9-10-11-12-13-14-15-17-20-21-18-16-19(5-2)6-3/h4-18H2,1-3H3. The van der Waals surface area contributed by atoms with E-state index in [0.29, 0.717) is 6.61 Å². The second kappa shape index (κ2) is 17.9. The summed E-state index contributed by atoms with van der Waals surface area (Å²) in [6, 6.07) is 0. The van der Waals surface area contributed by atoms with Crippen LogP contribution in [0.1, 0.15) is 85.0 Å². The van der Waals surface area contributed by atoms with Crippen LogP contribution in [0.5, 0.6) is 0 Å². The minimum Gasteiger partial charge on any atom is -0.301 e. The Balaban J connectivity index is 3.02. The molecule has 0 aliphatic carbocycles. The Hall–Kier alpha value is -0.120. The number of nitrogens with zero attached hydrogens (tertiary/aromatic N) is 1. The molecule has 0 aromatic carbocycles. The number of hydrogen-bond acceptors (Lipinski definition) is 3. The molecule has 0 amide bonds. The molecular weight excluding hydrogens is 262 g/mol. The zero-order chi connectivity index (χ0) is 15.6. The van der Waals surface area contributed by atoms with E-state index in [1.54, 1.807) is 0 Å². The first kappa shape index (κ1) is 20.9. The summed E-state index contributed by atoms with van der Waals surface area (Å²) in [4.78, 5) is 12.8. The molecule has 0 aliphatic rings. The van der Waals surface area contributed by atoms with Gasteiger partial charge < -0.3 is 4.90 Å². The van der Waals surface area contributed by atoms with E-state index < -0.39 is 0 Å². The predicted octanol–water partition coefficient (Wildman–Crippen LogP) is 5.20. The van der Waals surface area contributed by atoms with Gasteiger partial charge in [0, 0.05) is 6.54 Å². The van der Waals surface area contributed by atoms with Gasteiger partial charge in [-0.05, 0) is 19.5 Å². The fourth-order valence-electron chi connectivity index (χ4n) is 2.47. The van der Waals surface area contributed by atoms with Gasteiger partial charge in [0.05, 0.1) is 13.2 Å². The van der Waals surface area contributed by atoms with E-state index in [-0.39, 0.29) is 0 Å². The summed E-state index contributed by atoms with van der Waals surface area (Å²) < 4.78 is 0. The quantitative estimate of drug-likeness (QED) is 0.209. The Bertz CT molecular complexity index is 184. The largest absolute Gasteiger partial charge is 0.301 e. The van der Waals surface area contributed by atoms with Crippen LogP contribution in [-0.2, 0) is 9.78 Å². The normalized spacial score (nSPS) is 11.4. The van der Waals surface area contributed by atoms with Gasteiger partial charge >= 0.3 is 0 Å². The predicted molar refractivity (Wildman–Crippen MR) is 91.5 cm³/mol. The Morgan fingerprint density at radius 2 is 1.05 bits per heavy atom. The molecule has 0 aromatic rings. The van der Waals surface area contributed by atoms with Crippen LogP contribution in [0.3, 0.4) is 0 Å². The Labute approximate surface area is 133 Å². The van der Waals surface area contributed by atoms with E-state index in [1.165, 1.54) is 57.8 Å². The summed E-state index contributed by atoms with van der Waals surface area (Å²) in [5, 5.41) is 0. The highest BCUT2D eigenvalue weighted by Crippen LogP contribution is 2.10. The molecule has 0 heterocycles. The van der Waals surface area contributed by atoms with Crippen molar-refractivity contribution in [3.05, 3.63) is 0 Å². The van der Waals surface area contributed by atoms with Crippen molar-refractivity contribution in [1.29, 1.82) is 0 Å². The lowest BCUT2D eigenvalue weighted by Crippen LogP contribution is -2.27. The molecule has 0 N–H and O–H groups in total. The van der Waals surface area contributed by atoms with Crippen molar-refractivity contribution >= 4 is 0 Å². The first-order valence-corrected chi connectivity index (χ1v) is 9.31. The molecule has 21 heavy (non-hydrogen) atoms. The SMILES string of the molecule is CCCCCCCCCCCCOOCCN(CC)CC. The van der Waals surface area contributed by atoms with Gasteiger partial charge in [-0.1, -0.05) is 78.6 Å². The smallest absolute Gasteiger partial charge is 0.0949 e. The zero-order valence-electron chi connectivity index (χ0n) is 14.9. The van der Waals surface area contributed by atoms with Crippen molar-refractivity contribution in [2.45, 2.75) is 85.0 Å². The van der Waals surface area contributed by atoms with E-state index in [9.17, 15) is 0 Å².